The quantitative estimate of drug-likeness (QED) is 0.517. The molecule has 1 unspecified atom stereocenters. The lowest BCUT2D eigenvalue weighted by Gasteiger charge is -2.15. The van der Waals surface area contributed by atoms with E-state index in [0.717, 1.165) is 23.3 Å². The second-order valence-electron chi connectivity index (χ2n) is 6.57. The van der Waals surface area contributed by atoms with Gasteiger partial charge in [0, 0.05) is 11.3 Å². The molecule has 0 aliphatic rings. The zero-order valence-electron chi connectivity index (χ0n) is 16.5. The molecule has 1 amide bonds. The van der Waals surface area contributed by atoms with Crippen molar-refractivity contribution in [2.24, 2.45) is 5.73 Å². The Kier molecular flexibility index (Phi) is 8.18. The average molecular weight is 416 g/mol. The number of nitrogens with one attached hydrogen (secondary N) is 2. The van der Waals surface area contributed by atoms with Crippen LogP contribution in [0.3, 0.4) is 0 Å². The monoisotopic (exact) mass is 415 g/mol. The Hall–Kier alpha value is -2.90. The van der Waals surface area contributed by atoms with Gasteiger partial charge >= 0.3 is 0 Å². The molecule has 2 aromatic carbocycles. The molecule has 0 fully saturated rings. The van der Waals surface area contributed by atoms with E-state index in [-0.39, 0.29) is 24.9 Å². The fraction of sp³-hybridized carbons (Fsp3) is 0.286. The number of amides is 1. The third-order valence-corrected chi connectivity index (χ3v) is 4.57. The first-order chi connectivity index (χ1) is 13.6. The van der Waals surface area contributed by atoms with E-state index in [9.17, 15) is 4.79 Å². The van der Waals surface area contributed by atoms with Crippen LogP contribution in [-0.2, 0) is 11.3 Å². The van der Waals surface area contributed by atoms with E-state index < -0.39 is 0 Å². The molecule has 8 heteroatoms. The van der Waals surface area contributed by atoms with Gasteiger partial charge in [0.05, 0.1) is 6.54 Å². The van der Waals surface area contributed by atoms with Gasteiger partial charge in [-0.15, -0.1) is 12.4 Å². The fourth-order valence-electron chi connectivity index (χ4n) is 2.80. The number of carbonyl (C=O) groups is 1. The third kappa shape index (κ3) is 5.79. The molecule has 1 heterocycles. The number of para-hydroxylation sites is 1. The topological polar surface area (TPSA) is 106 Å². The Bertz CT molecular complexity index is 927. The summed E-state index contributed by atoms with van der Waals surface area (Å²) in [5.41, 5.74) is 8.17. The molecule has 1 aromatic heterocycles. The molecule has 0 radical (unpaired) electrons. The second-order valence-corrected chi connectivity index (χ2v) is 6.57. The van der Waals surface area contributed by atoms with Gasteiger partial charge in [-0.3, -0.25) is 9.89 Å². The molecular weight excluding hydrogens is 390 g/mol. The van der Waals surface area contributed by atoms with Crippen molar-refractivity contribution in [3.8, 4) is 17.1 Å². The van der Waals surface area contributed by atoms with Gasteiger partial charge in [-0.1, -0.05) is 32.0 Å². The third-order valence-electron chi connectivity index (χ3n) is 4.57. The maximum Gasteiger partial charge on any atom is 0.262 e. The number of rotatable bonds is 8. The summed E-state index contributed by atoms with van der Waals surface area (Å²) in [6.07, 6.45) is 1.01. The number of aromatic amines is 1. The number of nitrogens with two attached hydrogens (primary N) is 1. The summed E-state index contributed by atoms with van der Waals surface area (Å²) in [5.74, 6) is 2.12. The minimum Gasteiger partial charge on any atom is -0.483 e. The van der Waals surface area contributed by atoms with E-state index in [1.165, 1.54) is 0 Å². The molecule has 0 bridgehead atoms. The van der Waals surface area contributed by atoms with Crippen LogP contribution in [0, 0.1) is 0 Å². The molecular formula is C21H26ClN5O2. The number of hydrogen-bond donors (Lipinski definition) is 3. The standard InChI is InChI=1S/C21H25N5O2.ClH/c1-3-14(2)17-6-4-5-7-18(17)28-13-20(27)23-16-10-8-15(9-11-16)21-24-19(12-22)25-26-21;/h4-11,14H,3,12-13,22H2,1-2H3,(H,23,27)(H,24,25,26);1H. The molecule has 0 aliphatic carbocycles. The van der Waals surface area contributed by atoms with E-state index in [2.05, 4.69) is 34.3 Å². The Morgan fingerprint density at radius 1 is 1.21 bits per heavy atom. The van der Waals surface area contributed by atoms with Crippen LogP contribution >= 0.6 is 12.4 Å². The molecule has 29 heavy (non-hydrogen) atoms. The van der Waals surface area contributed by atoms with Crippen LogP contribution in [-0.4, -0.2) is 27.7 Å². The van der Waals surface area contributed by atoms with Crippen molar-refractivity contribution in [2.45, 2.75) is 32.7 Å². The molecule has 0 aliphatic heterocycles. The van der Waals surface area contributed by atoms with Crippen LogP contribution in [0.2, 0.25) is 0 Å². The van der Waals surface area contributed by atoms with Crippen molar-refractivity contribution in [2.75, 3.05) is 11.9 Å². The normalized spacial score (nSPS) is 11.4. The summed E-state index contributed by atoms with van der Waals surface area (Å²) in [4.78, 5) is 16.5. The van der Waals surface area contributed by atoms with Gasteiger partial charge in [0.15, 0.2) is 12.4 Å². The van der Waals surface area contributed by atoms with Crippen LogP contribution in [0.1, 0.15) is 37.6 Å². The van der Waals surface area contributed by atoms with Crippen LogP contribution in [0.5, 0.6) is 5.75 Å². The summed E-state index contributed by atoms with van der Waals surface area (Å²) in [5, 5.41) is 9.73. The number of benzene rings is 2. The molecule has 1 atom stereocenters. The molecule has 7 nitrogen and oxygen atoms in total. The van der Waals surface area contributed by atoms with Gasteiger partial charge in [-0.05, 0) is 48.2 Å². The van der Waals surface area contributed by atoms with Crippen LogP contribution < -0.4 is 15.8 Å². The van der Waals surface area contributed by atoms with Gasteiger partial charge in [0.25, 0.3) is 5.91 Å². The minimum atomic E-state index is -0.213. The number of halogens is 1. The lowest BCUT2D eigenvalue weighted by molar-refractivity contribution is -0.118. The number of anilines is 1. The maximum atomic E-state index is 12.3. The molecule has 3 rings (SSSR count). The van der Waals surface area contributed by atoms with Gasteiger partial charge in [0.2, 0.25) is 0 Å². The predicted octanol–water partition coefficient (Wildman–Crippen LogP) is 3.88. The smallest absolute Gasteiger partial charge is 0.262 e. The Morgan fingerprint density at radius 3 is 2.59 bits per heavy atom. The van der Waals surface area contributed by atoms with Gasteiger partial charge in [-0.25, -0.2) is 4.98 Å². The minimum absolute atomic E-state index is 0. The fourth-order valence-corrected chi connectivity index (χ4v) is 2.80. The van der Waals surface area contributed by atoms with E-state index in [1.54, 1.807) is 12.1 Å². The SMILES string of the molecule is CCC(C)c1ccccc1OCC(=O)Nc1ccc(-c2n[nH]c(CN)n2)cc1.Cl. The summed E-state index contributed by atoms with van der Waals surface area (Å²) in [6, 6.07) is 15.1. The van der Waals surface area contributed by atoms with Crippen molar-refractivity contribution in [3.63, 3.8) is 0 Å². The molecule has 3 aromatic rings. The van der Waals surface area contributed by atoms with Crippen molar-refractivity contribution in [3.05, 3.63) is 59.9 Å². The molecule has 0 saturated heterocycles. The number of hydrogen-bond acceptors (Lipinski definition) is 5. The predicted molar refractivity (Wildman–Crippen MR) is 116 cm³/mol. The Labute approximate surface area is 176 Å². The second kappa shape index (κ2) is 10.6. The first-order valence-corrected chi connectivity index (χ1v) is 9.34. The highest BCUT2D eigenvalue weighted by molar-refractivity contribution is 5.92. The number of H-pyrrole nitrogens is 1. The molecule has 154 valence electrons. The lowest BCUT2D eigenvalue weighted by atomic mass is 9.98. The molecule has 0 saturated carbocycles. The summed E-state index contributed by atoms with van der Waals surface area (Å²) < 4.78 is 5.75. The van der Waals surface area contributed by atoms with Gasteiger partial charge < -0.3 is 15.8 Å². The van der Waals surface area contributed by atoms with Crippen LogP contribution in [0.25, 0.3) is 11.4 Å². The van der Waals surface area contributed by atoms with Crippen molar-refractivity contribution < 1.29 is 9.53 Å². The maximum absolute atomic E-state index is 12.3. The van der Waals surface area contributed by atoms with E-state index >= 15 is 0 Å². The average Bonchev–Trinajstić information content (AvgIpc) is 3.22. The van der Waals surface area contributed by atoms with Gasteiger partial charge in [-0.2, -0.15) is 5.10 Å². The van der Waals surface area contributed by atoms with Crippen molar-refractivity contribution in [1.29, 1.82) is 0 Å². The highest BCUT2D eigenvalue weighted by atomic mass is 35.5. The highest BCUT2D eigenvalue weighted by Gasteiger charge is 2.11. The number of carbonyl (C=O) groups excluding carboxylic acids is 1. The first kappa shape index (κ1) is 22.4. The van der Waals surface area contributed by atoms with E-state index in [1.807, 2.05) is 36.4 Å². The van der Waals surface area contributed by atoms with Crippen LogP contribution in [0.15, 0.2) is 48.5 Å². The van der Waals surface area contributed by atoms with Crippen molar-refractivity contribution in [1.82, 2.24) is 15.2 Å². The highest BCUT2D eigenvalue weighted by Crippen LogP contribution is 2.28. The first-order valence-electron chi connectivity index (χ1n) is 9.34. The molecule has 4 N–H and O–H groups in total. The van der Waals surface area contributed by atoms with E-state index in [0.29, 0.717) is 29.8 Å². The van der Waals surface area contributed by atoms with Gasteiger partial charge in [0.1, 0.15) is 11.6 Å². The number of ether oxygens (including phenoxy) is 1. The summed E-state index contributed by atoms with van der Waals surface area (Å²) >= 11 is 0. The number of nitrogens with zero attached hydrogens (tertiary/aromatic N) is 2. The summed E-state index contributed by atoms with van der Waals surface area (Å²) in [6.45, 7) is 4.54. The lowest BCUT2D eigenvalue weighted by Crippen LogP contribution is -2.20. The number of aromatic nitrogens is 3. The zero-order chi connectivity index (χ0) is 19.9. The zero-order valence-corrected chi connectivity index (χ0v) is 17.3. The summed E-state index contributed by atoms with van der Waals surface area (Å²) in [7, 11) is 0. The Balaban J connectivity index is 0.00000300. The largest absolute Gasteiger partial charge is 0.483 e. The molecule has 0 spiro atoms. The van der Waals surface area contributed by atoms with E-state index in [4.69, 9.17) is 10.5 Å². The Morgan fingerprint density at radius 2 is 1.93 bits per heavy atom. The van der Waals surface area contributed by atoms with Crippen molar-refractivity contribution >= 4 is 24.0 Å². The van der Waals surface area contributed by atoms with Crippen LogP contribution in [0.4, 0.5) is 5.69 Å².